The second-order valence-corrected chi connectivity index (χ2v) is 4.66. The highest BCUT2D eigenvalue weighted by atomic mass is 32.1. The highest BCUT2D eigenvalue weighted by Crippen LogP contribution is 2.34. The number of aromatic nitrogens is 1. The van der Waals surface area contributed by atoms with Crippen LogP contribution < -0.4 is 4.90 Å². The Morgan fingerprint density at radius 1 is 1.56 bits per heavy atom. The van der Waals surface area contributed by atoms with Crippen LogP contribution in [0.2, 0.25) is 0 Å². The molecular formula is C11H11FN2O3S. The van der Waals surface area contributed by atoms with Gasteiger partial charge in [0.05, 0.1) is 10.2 Å². The first-order chi connectivity index (χ1) is 8.54. The molecule has 0 unspecified atom stereocenters. The lowest BCUT2D eigenvalue weighted by Gasteiger charge is -2.13. The van der Waals surface area contributed by atoms with E-state index in [1.165, 1.54) is 12.1 Å². The first-order valence-corrected chi connectivity index (χ1v) is 6.14. The number of phenols is 1. The van der Waals surface area contributed by atoms with E-state index >= 15 is 0 Å². The number of benzene rings is 1. The number of rotatable bonds is 3. The van der Waals surface area contributed by atoms with Gasteiger partial charge < -0.3 is 10.2 Å². The van der Waals surface area contributed by atoms with Crippen LogP contribution in [0, 0.1) is 5.82 Å². The highest BCUT2D eigenvalue weighted by Gasteiger charge is 2.20. The summed E-state index contributed by atoms with van der Waals surface area (Å²) in [6.07, 6.45) is -0.490. The van der Waals surface area contributed by atoms with Crippen molar-refractivity contribution in [2.24, 2.45) is 0 Å². The first kappa shape index (κ1) is 12.6. The van der Waals surface area contributed by atoms with Crippen molar-refractivity contribution in [3.8, 4) is 5.75 Å². The molecule has 1 amide bonds. The number of hydrogen-bond donors (Lipinski definition) is 2. The van der Waals surface area contributed by atoms with Gasteiger partial charge in [-0.15, -0.1) is 0 Å². The maximum Gasteiger partial charge on any atom is 0.413 e. The predicted molar refractivity (Wildman–Crippen MR) is 66.9 cm³/mol. The minimum atomic E-state index is -1.12. The zero-order valence-corrected chi connectivity index (χ0v) is 10.4. The number of halogens is 1. The van der Waals surface area contributed by atoms with Gasteiger partial charge in [0.15, 0.2) is 16.7 Å². The number of aromatic hydroxyl groups is 1. The Labute approximate surface area is 106 Å². The second kappa shape index (κ2) is 4.77. The lowest BCUT2D eigenvalue weighted by Crippen LogP contribution is -2.29. The molecule has 0 radical (unpaired) electrons. The number of nitrogens with zero attached hydrogens (tertiary/aromatic N) is 2. The summed E-state index contributed by atoms with van der Waals surface area (Å²) in [6.45, 7) is 2.14. The average molecular weight is 270 g/mol. The summed E-state index contributed by atoms with van der Waals surface area (Å²) in [5, 5.41) is 18.5. The Hall–Kier alpha value is -1.89. The third-order valence-electron chi connectivity index (χ3n) is 2.37. The molecular weight excluding hydrogens is 259 g/mol. The van der Waals surface area contributed by atoms with Gasteiger partial charge in [0.25, 0.3) is 0 Å². The summed E-state index contributed by atoms with van der Waals surface area (Å²) >= 11 is 0.913. The number of carboxylic acid groups (broad SMARTS) is 1. The fourth-order valence-electron chi connectivity index (χ4n) is 1.55. The van der Waals surface area contributed by atoms with E-state index in [-0.39, 0.29) is 9.83 Å². The van der Waals surface area contributed by atoms with Gasteiger partial charge in [-0.3, -0.25) is 4.90 Å². The lowest BCUT2D eigenvalue weighted by molar-refractivity contribution is 0.202. The monoisotopic (exact) mass is 270 g/mol. The van der Waals surface area contributed by atoms with Gasteiger partial charge >= 0.3 is 6.09 Å². The topological polar surface area (TPSA) is 73.7 Å². The van der Waals surface area contributed by atoms with Gasteiger partial charge in [0, 0.05) is 6.54 Å². The SMILES string of the molecule is CCCN(C(=O)O)c1nc2ccc(O)c(F)c2s1. The van der Waals surface area contributed by atoms with Crippen molar-refractivity contribution < 1.29 is 19.4 Å². The average Bonchev–Trinajstić information content (AvgIpc) is 2.75. The van der Waals surface area contributed by atoms with Crippen LogP contribution in [-0.2, 0) is 0 Å². The zero-order valence-electron chi connectivity index (χ0n) is 9.55. The van der Waals surface area contributed by atoms with Gasteiger partial charge in [-0.25, -0.2) is 14.2 Å². The van der Waals surface area contributed by atoms with E-state index in [1.54, 1.807) is 0 Å². The predicted octanol–water partition coefficient (Wildman–Crippen LogP) is 3.04. The summed E-state index contributed by atoms with van der Waals surface area (Å²) in [7, 11) is 0. The van der Waals surface area contributed by atoms with Crippen molar-refractivity contribution in [1.82, 2.24) is 4.98 Å². The number of hydrogen-bond acceptors (Lipinski definition) is 4. The van der Waals surface area contributed by atoms with Crippen LogP contribution in [0.15, 0.2) is 12.1 Å². The molecule has 1 aromatic heterocycles. The smallest absolute Gasteiger partial charge is 0.413 e. The Morgan fingerprint density at radius 3 is 2.89 bits per heavy atom. The molecule has 18 heavy (non-hydrogen) atoms. The van der Waals surface area contributed by atoms with Gasteiger partial charge in [0.2, 0.25) is 0 Å². The van der Waals surface area contributed by atoms with E-state index in [1.807, 2.05) is 6.92 Å². The number of amides is 1. The molecule has 0 aliphatic rings. The van der Waals surface area contributed by atoms with Crippen molar-refractivity contribution in [3.63, 3.8) is 0 Å². The van der Waals surface area contributed by atoms with Gasteiger partial charge in [0.1, 0.15) is 0 Å². The van der Waals surface area contributed by atoms with Gasteiger partial charge in [-0.1, -0.05) is 18.3 Å². The van der Waals surface area contributed by atoms with Gasteiger partial charge in [-0.05, 0) is 18.6 Å². The minimum Gasteiger partial charge on any atom is -0.505 e. The molecule has 96 valence electrons. The summed E-state index contributed by atoms with van der Waals surface area (Å²) in [6, 6.07) is 2.66. The molecule has 1 aromatic carbocycles. The van der Waals surface area contributed by atoms with E-state index in [0.717, 1.165) is 16.2 Å². The molecule has 0 fully saturated rings. The van der Waals surface area contributed by atoms with E-state index < -0.39 is 17.7 Å². The van der Waals surface area contributed by atoms with Crippen molar-refractivity contribution >= 4 is 32.8 Å². The van der Waals surface area contributed by atoms with Crippen LogP contribution >= 0.6 is 11.3 Å². The molecule has 2 aromatic rings. The zero-order chi connectivity index (χ0) is 13.3. The highest BCUT2D eigenvalue weighted by molar-refractivity contribution is 7.22. The van der Waals surface area contributed by atoms with Crippen LogP contribution in [-0.4, -0.2) is 27.8 Å². The normalized spacial score (nSPS) is 10.8. The Balaban J connectivity index is 2.52. The number of carbonyl (C=O) groups is 1. The van der Waals surface area contributed by atoms with Crippen molar-refractivity contribution in [2.45, 2.75) is 13.3 Å². The molecule has 0 saturated carbocycles. The molecule has 2 N–H and O–H groups in total. The molecule has 0 atom stereocenters. The Kier molecular flexibility index (Phi) is 3.33. The van der Waals surface area contributed by atoms with Crippen LogP contribution in [0.25, 0.3) is 10.2 Å². The van der Waals surface area contributed by atoms with E-state index in [0.29, 0.717) is 18.5 Å². The fourth-order valence-corrected chi connectivity index (χ4v) is 2.57. The van der Waals surface area contributed by atoms with Crippen LogP contribution in [0.1, 0.15) is 13.3 Å². The molecule has 1 heterocycles. The second-order valence-electron chi connectivity index (χ2n) is 3.68. The molecule has 2 rings (SSSR count). The summed E-state index contributed by atoms with van der Waals surface area (Å²) in [4.78, 5) is 16.2. The maximum atomic E-state index is 13.6. The maximum absolute atomic E-state index is 13.6. The molecule has 0 saturated heterocycles. The van der Waals surface area contributed by atoms with Crippen molar-refractivity contribution in [3.05, 3.63) is 17.9 Å². The first-order valence-electron chi connectivity index (χ1n) is 5.33. The minimum absolute atomic E-state index is 0.160. The van der Waals surface area contributed by atoms with E-state index in [2.05, 4.69) is 4.98 Å². The number of fused-ring (bicyclic) bond motifs is 1. The molecule has 5 nitrogen and oxygen atoms in total. The van der Waals surface area contributed by atoms with Crippen molar-refractivity contribution in [1.29, 1.82) is 0 Å². The Bertz CT molecular complexity index is 599. The largest absolute Gasteiger partial charge is 0.505 e. The number of thiazole rings is 1. The third kappa shape index (κ3) is 2.08. The molecule has 0 bridgehead atoms. The molecule has 0 spiro atoms. The van der Waals surface area contributed by atoms with Gasteiger partial charge in [-0.2, -0.15) is 0 Å². The lowest BCUT2D eigenvalue weighted by atomic mass is 10.3. The van der Waals surface area contributed by atoms with E-state index in [4.69, 9.17) is 5.11 Å². The summed E-state index contributed by atoms with van der Waals surface area (Å²) in [5.41, 5.74) is 0.340. The fraction of sp³-hybridized carbons (Fsp3) is 0.273. The standard InChI is InChI=1S/C11H11FN2O3S/c1-2-5-14(11(16)17)10-13-6-3-4-7(15)8(12)9(6)18-10/h3-4,15H,2,5H2,1H3,(H,16,17). The number of phenolic OH excluding ortho intramolecular Hbond substituents is 1. The van der Waals surface area contributed by atoms with Crippen molar-refractivity contribution in [2.75, 3.05) is 11.4 Å². The van der Waals surface area contributed by atoms with E-state index in [9.17, 15) is 14.3 Å². The third-order valence-corrected chi connectivity index (χ3v) is 3.46. The van der Waals surface area contributed by atoms with Crippen LogP contribution in [0.4, 0.5) is 14.3 Å². The summed E-state index contributed by atoms with van der Waals surface area (Å²) < 4.78 is 13.8. The summed E-state index contributed by atoms with van der Waals surface area (Å²) in [5.74, 6) is -1.23. The number of anilines is 1. The molecule has 7 heteroatoms. The van der Waals surface area contributed by atoms with Crippen LogP contribution in [0.3, 0.4) is 0 Å². The molecule has 0 aliphatic carbocycles. The van der Waals surface area contributed by atoms with Crippen LogP contribution in [0.5, 0.6) is 5.75 Å². The quantitative estimate of drug-likeness (QED) is 0.899. The molecule has 0 aliphatic heterocycles. The Morgan fingerprint density at radius 2 is 2.28 bits per heavy atom.